The Morgan fingerprint density at radius 2 is 0.630 bits per heavy atom. The van der Waals surface area contributed by atoms with E-state index in [4.69, 9.17) is 39.2 Å². The molecule has 0 aliphatic carbocycles. The molecule has 13 rings (SSSR count). The Balaban J connectivity index is 0.000000150. The number of rotatable bonds is 8. The summed E-state index contributed by atoms with van der Waals surface area (Å²) < 4.78 is 13.1. The van der Waals surface area contributed by atoms with Gasteiger partial charge in [0, 0.05) is 38.9 Å². The zero-order valence-electron chi connectivity index (χ0n) is 44.4. The van der Waals surface area contributed by atoms with Crippen LogP contribution in [0.15, 0.2) is 247 Å². The number of phenolic OH excluding ortho intramolecular Hbond substituents is 2. The van der Waals surface area contributed by atoms with Crippen molar-refractivity contribution in [3.05, 3.63) is 247 Å². The molecule has 3 heterocycles. The smallest absolute Gasteiger partial charge is 0.494 e. The molecule has 0 amide bonds. The maximum atomic E-state index is 10.6. The first kappa shape index (κ1) is 55.1. The summed E-state index contributed by atoms with van der Waals surface area (Å²) >= 11 is 3.33. The molecule has 0 saturated carbocycles. The Labute approximate surface area is 481 Å². The standard InChI is InChI=1S/C31H21N3O.C27H26BN3O2.C10H7BrO.CH4/c35-27-20-19-21-9-7-8-14-26(21)28(27)22-15-17-25(18-16-22)31-33-29(23-10-3-1-4-11-23)32-30(34-31)24-12-5-2-6-13-24;1-26(2)27(3,4)33-28(32-26)22-17-15-21(16-18-22)25-30-23(19-11-7-5-8-12-19)29-24(31-25)20-13-9-6-10-14-20;11-10-8-4-2-1-3-7(8)5-6-9(10)12;/h1-20,35H;5-18H,1-4H3;1-6,12H;1H4. The molecule has 1 fully saturated rings. The van der Waals surface area contributed by atoms with E-state index in [2.05, 4.69) is 43.6 Å². The third-order valence-corrected chi connectivity index (χ3v) is 15.1. The Bertz CT molecular complexity index is 3970. The maximum absolute atomic E-state index is 10.6. The van der Waals surface area contributed by atoms with Gasteiger partial charge in [-0.3, -0.25) is 0 Å². The number of halogens is 1. The summed E-state index contributed by atoms with van der Waals surface area (Å²) in [5.74, 6) is 4.33. The van der Waals surface area contributed by atoms with E-state index < -0.39 is 7.12 Å². The average Bonchev–Trinajstić information content (AvgIpc) is 3.83. The quantitative estimate of drug-likeness (QED) is 0.142. The van der Waals surface area contributed by atoms with Crippen molar-refractivity contribution in [1.29, 1.82) is 0 Å². The van der Waals surface area contributed by atoms with Crippen molar-refractivity contribution in [2.24, 2.45) is 0 Å². The summed E-state index contributed by atoms with van der Waals surface area (Å²) in [5.41, 5.74) is 7.54. The summed E-state index contributed by atoms with van der Waals surface area (Å²) in [6.45, 7) is 8.23. The Morgan fingerprint density at radius 1 is 0.333 bits per heavy atom. The second-order valence-electron chi connectivity index (χ2n) is 20.2. The molecule has 81 heavy (non-hydrogen) atoms. The molecule has 12 aromatic rings. The third kappa shape index (κ3) is 12.2. The number of hydrogen-bond donors (Lipinski definition) is 2. The highest BCUT2D eigenvalue weighted by Gasteiger charge is 2.51. The number of hydrogen-bond acceptors (Lipinski definition) is 10. The molecule has 2 N–H and O–H groups in total. The van der Waals surface area contributed by atoms with Gasteiger partial charge in [-0.1, -0.05) is 238 Å². The van der Waals surface area contributed by atoms with Crippen LogP contribution in [0.1, 0.15) is 35.1 Å². The highest BCUT2D eigenvalue weighted by molar-refractivity contribution is 9.10. The van der Waals surface area contributed by atoms with Gasteiger partial charge in [0.25, 0.3) is 0 Å². The molecule has 0 radical (unpaired) electrons. The SMILES string of the molecule is C.CC1(C)OB(c2ccc(-c3nc(-c4ccccc4)nc(-c4ccccc4)n3)cc2)OC1(C)C.Oc1ccc2ccccc2c1-c1ccc(-c2nc(-c3ccccc3)nc(-c3ccccc3)n2)cc1.Oc1ccc2ccccc2c1Br. The molecule has 398 valence electrons. The van der Waals surface area contributed by atoms with E-state index >= 15 is 0 Å². The van der Waals surface area contributed by atoms with Crippen LogP contribution in [-0.4, -0.2) is 58.4 Å². The van der Waals surface area contributed by atoms with E-state index in [-0.39, 0.29) is 30.1 Å². The Morgan fingerprint density at radius 3 is 1.02 bits per heavy atom. The lowest BCUT2D eigenvalue weighted by Crippen LogP contribution is -2.41. The fourth-order valence-electron chi connectivity index (χ4n) is 9.22. The predicted molar refractivity (Wildman–Crippen MR) is 333 cm³/mol. The van der Waals surface area contributed by atoms with Gasteiger partial charge in [0.05, 0.1) is 15.7 Å². The lowest BCUT2D eigenvalue weighted by atomic mass is 9.79. The molecule has 0 unspecified atom stereocenters. The summed E-state index contributed by atoms with van der Waals surface area (Å²) in [5, 5.41) is 24.3. The maximum Gasteiger partial charge on any atom is 0.494 e. The molecule has 10 nitrogen and oxygen atoms in total. The van der Waals surface area contributed by atoms with Crippen molar-refractivity contribution >= 4 is 50.1 Å². The minimum absolute atomic E-state index is 0. The van der Waals surface area contributed by atoms with Crippen LogP contribution in [0.4, 0.5) is 0 Å². The molecule has 1 aliphatic rings. The van der Waals surface area contributed by atoms with Gasteiger partial charge in [0.2, 0.25) is 0 Å². The van der Waals surface area contributed by atoms with Crippen LogP contribution < -0.4 is 5.46 Å². The summed E-state index contributed by atoms with van der Waals surface area (Å²) in [4.78, 5) is 28.7. The van der Waals surface area contributed by atoms with Crippen molar-refractivity contribution in [2.75, 3.05) is 0 Å². The fraction of sp³-hybridized carbons (Fsp3) is 0.101. The van der Waals surface area contributed by atoms with Crippen molar-refractivity contribution in [3.8, 4) is 91.0 Å². The topological polar surface area (TPSA) is 136 Å². The van der Waals surface area contributed by atoms with Crippen LogP contribution in [-0.2, 0) is 9.31 Å². The second-order valence-corrected chi connectivity index (χ2v) is 21.0. The zero-order chi connectivity index (χ0) is 55.2. The Hall–Kier alpha value is -9.20. The number of aromatic hydroxyl groups is 2. The van der Waals surface area contributed by atoms with E-state index in [1.165, 1.54) is 0 Å². The highest BCUT2D eigenvalue weighted by atomic mass is 79.9. The largest absolute Gasteiger partial charge is 0.507 e. The van der Waals surface area contributed by atoms with Crippen LogP contribution >= 0.6 is 15.9 Å². The summed E-state index contributed by atoms with van der Waals surface area (Å²) in [6.07, 6.45) is 0. The molecule has 0 atom stereocenters. The van der Waals surface area contributed by atoms with E-state index in [0.29, 0.717) is 34.9 Å². The van der Waals surface area contributed by atoms with Crippen LogP contribution in [0.5, 0.6) is 11.5 Å². The molecule has 2 aromatic heterocycles. The van der Waals surface area contributed by atoms with Crippen LogP contribution in [0.2, 0.25) is 0 Å². The lowest BCUT2D eigenvalue weighted by Gasteiger charge is -2.32. The van der Waals surface area contributed by atoms with E-state index in [1.807, 2.05) is 231 Å². The van der Waals surface area contributed by atoms with Gasteiger partial charge in [0.1, 0.15) is 11.5 Å². The molecule has 12 heteroatoms. The van der Waals surface area contributed by atoms with Gasteiger partial charge < -0.3 is 19.5 Å². The highest BCUT2D eigenvalue weighted by Crippen LogP contribution is 2.39. The molecule has 1 aliphatic heterocycles. The third-order valence-electron chi connectivity index (χ3n) is 14.3. The van der Waals surface area contributed by atoms with Gasteiger partial charge in [-0.25, -0.2) is 29.9 Å². The summed E-state index contributed by atoms with van der Waals surface area (Å²) in [7, 11) is -0.401. The number of fused-ring (bicyclic) bond motifs is 2. The first-order chi connectivity index (χ1) is 38.9. The first-order valence-electron chi connectivity index (χ1n) is 26.2. The molecule has 0 spiro atoms. The van der Waals surface area contributed by atoms with Crippen molar-refractivity contribution in [3.63, 3.8) is 0 Å². The molecule has 10 aromatic carbocycles. The first-order valence-corrected chi connectivity index (χ1v) is 27.0. The van der Waals surface area contributed by atoms with Crippen LogP contribution in [0.3, 0.4) is 0 Å². The van der Waals surface area contributed by atoms with Gasteiger partial charge >= 0.3 is 7.12 Å². The van der Waals surface area contributed by atoms with E-state index in [1.54, 1.807) is 12.1 Å². The average molecular weight is 1130 g/mol. The molecular weight excluding hydrogens is 1070 g/mol. The number of benzene rings is 10. The molecule has 0 bridgehead atoms. The lowest BCUT2D eigenvalue weighted by molar-refractivity contribution is 0.00578. The van der Waals surface area contributed by atoms with E-state index in [0.717, 1.165) is 76.0 Å². The number of aromatic nitrogens is 6. The fourth-order valence-corrected chi connectivity index (χ4v) is 9.71. The number of phenols is 2. The monoisotopic (exact) mass is 1120 g/mol. The van der Waals surface area contributed by atoms with Crippen molar-refractivity contribution < 1.29 is 19.5 Å². The van der Waals surface area contributed by atoms with Crippen LogP contribution in [0, 0.1) is 0 Å². The van der Waals surface area contributed by atoms with Crippen LogP contribution in [0.25, 0.3) is 101 Å². The number of nitrogens with zero attached hydrogens (tertiary/aromatic N) is 6. The van der Waals surface area contributed by atoms with Crippen molar-refractivity contribution in [1.82, 2.24) is 29.9 Å². The minimum Gasteiger partial charge on any atom is -0.507 e. The molecular formula is C69H58BBrN6O4. The Kier molecular flexibility index (Phi) is 16.4. The predicted octanol–water partition coefficient (Wildman–Crippen LogP) is 16.5. The van der Waals surface area contributed by atoms with Gasteiger partial charge in [-0.15, -0.1) is 0 Å². The van der Waals surface area contributed by atoms with Gasteiger partial charge in [-0.05, 0) is 88.3 Å². The van der Waals surface area contributed by atoms with Gasteiger partial charge in [-0.2, -0.15) is 0 Å². The van der Waals surface area contributed by atoms with Gasteiger partial charge in [0.15, 0.2) is 34.9 Å². The second kappa shape index (κ2) is 24.0. The zero-order valence-corrected chi connectivity index (χ0v) is 46.0. The van der Waals surface area contributed by atoms with Crippen molar-refractivity contribution in [2.45, 2.75) is 46.3 Å². The van der Waals surface area contributed by atoms with E-state index in [9.17, 15) is 10.2 Å². The molecule has 1 saturated heterocycles. The normalized spacial score (nSPS) is 13.1. The summed E-state index contributed by atoms with van der Waals surface area (Å²) in [6, 6.07) is 79.1. The minimum atomic E-state index is -0.401.